The van der Waals surface area contributed by atoms with Gasteiger partial charge in [-0.3, -0.25) is 0 Å². The lowest BCUT2D eigenvalue weighted by atomic mass is 10.2. The van der Waals surface area contributed by atoms with Gasteiger partial charge in [0.15, 0.2) is 5.11 Å². The predicted octanol–water partition coefficient (Wildman–Crippen LogP) is 6.84. The predicted molar refractivity (Wildman–Crippen MR) is 124 cm³/mol. The molecule has 3 nitrogen and oxygen atoms in total. The van der Waals surface area contributed by atoms with Gasteiger partial charge in [-0.25, -0.2) is 4.98 Å². The van der Waals surface area contributed by atoms with E-state index in [1.54, 1.807) is 11.3 Å². The zero-order valence-electron chi connectivity index (χ0n) is 14.5. The van der Waals surface area contributed by atoms with E-state index in [9.17, 15) is 0 Å². The van der Waals surface area contributed by atoms with E-state index < -0.39 is 0 Å². The third kappa shape index (κ3) is 4.18. The van der Waals surface area contributed by atoms with E-state index in [-0.39, 0.29) is 0 Å². The van der Waals surface area contributed by atoms with Crippen LogP contribution in [0.5, 0.6) is 0 Å². The Morgan fingerprint density at radius 3 is 2.56 bits per heavy atom. The maximum atomic E-state index is 5.41. The van der Waals surface area contributed by atoms with Crippen LogP contribution >= 0.6 is 39.5 Å². The van der Waals surface area contributed by atoms with Crippen LogP contribution in [0.2, 0.25) is 0 Å². The van der Waals surface area contributed by atoms with Crippen LogP contribution in [-0.2, 0) is 0 Å². The second-order valence-corrected chi connectivity index (χ2v) is 8.42. The van der Waals surface area contributed by atoms with Crippen molar-refractivity contribution in [2.75, 3.05) is 10.6 Å². The summed E-state index contributed by atoms with van der Waals surface area (Å²) in [6.45, 7) is 2.10. The van der Waals surface area contributed by atoms with Crippen molar-refractivity contribution in [3.63, 3.8) is 0 Å². The van der Waals surface area contributed by atoms with Gasteiger partial charge >= 0.3 is 0 Å². The minimum Gasteiger partial charge on any atom is -0.332 e. The molecular weight excluding hydrogens is 438 g/mol. The first kappa shape index (κ1) is 18.1. The first-order chi connectivity index (χ1) is 13.1. The van der Waals surface area contributed by atoms with E-state index in [1.807, 2.05) is 36.4 Å². The molecule has 0 amide bonds. The lowest BCUT2D eigenvalue weighted by Gasteiger charge is -2.12. The maximum Gasteiger partial charge on any atom is 0.175 e. The molecule has 0 fully saturated rings. The Balaban J connectivity index is 1.48. The monoisotopic (exact) mass is 453 g/mol. The fourth-order valence-corrected chi connectivity index (χ4v) is 4.38. The summed E-state index contributed by atoms with van der Waals surface area (Å²) in [4.78, 5) is 4.73. The van der Waals surface area contributed by atoms with Crippen LogP contribution in [0.4, 0.5) is 11.4 Å². The quantitative estimate of drug-likeness (QED) is 0.332. The topological polar surface area (TPSA) is 37.0 Å². The van der Waals surface area contributed by atoms with Crippen LogP contribution in [0.15, 0.2) is 71.2 Å². The summed E-state index contributed by atoms with van der Waals surface area (Å²) in [6, 6.07) is 22.4. The molecule has 4 aromatic rings. The molecule has 0 atom stereocenters. The lowest BCUT2D eigenvalue weighted by Crippen LogP contribution is -2.19. The Bertz CT molecular complexity index is 1120. The number of nitrogens with one attached hydrogen (secondary N) is 2. The number of aromatic nitrogens is 1. The summed E-state index contributed by atoms with van der Waals surface area (Å²) in [5.41, 5.74) is 5.26. The standard InChI is InChI=1S/C21H16BrN3S2/c1-13-6-11-18-19(12-13)27-20(24-18)14-7-9-15(10-8-14)23-21(26)25-17-5-3-2-4-16(17)22/h2-12H,1H3,(H2,23,25,26). The average Bonchev–Trinajstić information content (AvgIpc) is 3.07. The Morgan fingerprint density at radius 1 is 1.00 bits per heavy atom. The molecule has 134 valence electrons. The number of halogens is 1. The summed E-state index contributed by atoms with van der Waals surface area (Å²) in [7, 11) is 0. The number of thiocarbonyl (C=S) groups is 1. The van der Waals surface area contributed by atoms with E-state index in [4.69, 9.17) is 17.2 Å². The van der Waals surface area contributed by atoms with E-state index in [2.05, 4.69) is 63.8 Å². The molecule has 0 saturated heterocycles. The summed E-state index contributed by atoms with van der Waals surface area (Å²) < 4.78 is 2.18. The molecule has 27 heavy (non-hydrogen) atoms. The van der Waals surface area contributed by atoms with Gasteiger partial charge in [-0.1, -0.05) is 18.2 Å². The molecular formula is C21H16BrN3S2. The molecule has 4 rings (SSSR count). The van der Waals surface area contributed by atoms with E-state index in [0.717, 1.165) is 31.9 Å². The van der Waals surface area contributed by atoms with Crippen LogP contribution in [0.3, 0.4) is 0 Å². The molecule has 0 aliphatic carbocycles. The molecule has 0 saturated carbocycles. The first-order valence-electron chi connectivity index (χ1n) is 8.39. The van der Waals surface area contributed by atoms with Crippen LogP contribution in [-0.4, -0.2) is 10.1 Å². The zero-order chi connectivity index (χ0) is 18.8. The second-order valence-electron chi connectivity index (χ2n) is 6.13. The van der Waals surface area contributed by atoms with Crippen molar-refractivity contribution in [2.45, 2.75) is 6.92 Å². The molecule has 3 aromatic carbocycles. The molecule has 1 aromatic heterocycles. The number of aryl methyl sites for hydroxylation is 1. The summed E-state index contributed by atoms with van der Waals surface area (Å²) >= 11 is 10.6. The molecule has 0 spiro atoms. The molecule has 2 N–H and O–H groups in total. The number of rotatable bonds is 3. The van der Waals surface area contributed by atoms with Crippen molar-refractivity contribution < 1.29 is 0 Å². The van der Waals surface area contributed by atoms with Gasteiger partial charge in [0.25, 0.3) is 0 Å². The summed E-state index contributed by atoms with van der Waals surface area (Å²) in [5.74, 6) is 0. The zero-order valence-corrected chi connectivity index (χ0v) is 17.7. The molecule has 0 bridgehead atoms. The highest BCUT2D eigenvalue weighted by molar-refractivity contribution is 9.10. The van der Waals surface area contributed by atoms with Gasteiger partial charge < -0.3 is 10.6 Å². The number of anilines is 2. The minimum absolute atomic E-state index is 0.546. The maximum absolute atomic E-state index is 5.41. The SMILES string of the molecule is Cc1ccc2nc(-c3ccc(NC(=S)Nc4ccccc4Br)cc3)sc2c1. The third-order valence-corrected chi connectivity index (χ3v) is 6.02. The van der Waals surface area contributed by atoms with Gasteiger partial charge in [-0.05, 0) is 89.2 Å². The fourth-order valence-electron chi connectivity index (χ4n) is 2.70. The highest BCUT2D eigenvalue weighted by Crippen LogP contribution is 2.31. The van der Waals surface area contributed by atoms with Crippen molar-refractivity contribution in [3.8, 4) is 10.6 Å². The average molecular weight is 454 g/mol. The van der Waals surface area contributed by atoms with E-state index in [1.165, 1.54) is 10.3 Å². The normalized spacial score (nSPS) is 10.7. The number of nitrogens with zero attached hydrogens (tertiary/aromatic N) is 1. The Hall–Kier alpha value is -2.28. The van der Waals surface area contributed by atoms with Gasteiger partial charge in [-0.2, -0.15) is 0 Å². The van der Waals surface area contributed by atoms with Crippen molar-refractivity contribution >= 4 is 66.2 Å². The van der Waals surface area contributed by atoms with Crippen LogP contribution in [0, 0.1) is 6.92 Å². The largest absolute Gasteiger partial charge is 0.332 e. The van der Waals surface area contributed by atoms with E-state index >= 15 is 0 Å². The Morgan fingerprint density at radius 2 is 1.78 bits per heavy atom. The van der Waals surface area contributed by atoms with E-state index in [0.29, 0.717) is 5.11 Å². The van der Waals surface area contributed by atoms with Gasteiger partial charge in [-0.15, -0.1) is 11.3 Å². The second kappa shape index (κ2) is 7.76. The van der Waals surface area contributed by atoms with Crippen LogP contribution < -0.4 is 10.6 Å². The first-order valence-corrected chi connectivity index (χ1v) is 10.4. The Labute approximate surface area is 175 Å². The number of hydrogen-bond donors (Lipinski definition) is 2. The number of hydrogen-bond acceptors (Lipinski definition) is 3. The van der Waals surface area contributed by atoms with Crippen molar-refractivity contribution in [1.29, 1.82) is 0 Å². The molecule has 1 heterocycles. The summed E-state index contributed by atoms with van der Waals surface area (Å²) in [5, 5.41) is 7.97. The van der Waals surface area contributed by atoms with Gasteiger partial charge in [0.2, 0.25) is 0 Å². The number of para-hydroxylation sites is 1. The van der Waals surface area contributed by atoms with Crippen LogP contribution in [0.25, 0.3) is 20.8 Å². The molecule has 0 radical (unpaired) electrons. The number of benzene rings is 3. The van der Waals surface area contributed by atoms with Gasteiger partial charge in [0, 0.05) is 15.7 Å². The minimum atomic E-state index is 0.546. The molecule has 0 unspecified atom stereocenters. The summed E-state index contributed by atoms with van der Waals surface area (Å²) in [6.07, 6.45) is 0. The van der Waals surface area contributed by atoms with Crippen molar-refractivity contribution in [3.05, 3.63) is 76.8 Å². The fraction of sp³-hybridized carbons (Fsp3) is 0.0476. The lowest BCUT2D eigenvalue weighted by molar-refractivity contribution is 1.45. The molecule has 0 aliphatic rings. The smallest absolute Gasteiger partial charge is 0.175 e. The highest BCUT2D eigenvalue weighted by atomic mass is 79.9. The molecule has 6 heteroatoms. The van der Waals surface area contributed by atoms with Crippen LogP contribution in [0.1, 0.15) is 5.56 Å². The number of fused-ring (bicyclic) bond motifs is 1. The third-order valence-electron chi connectivity index (χ3n) is 4.06. The molecule has 0 aliphatic heterocycles. The van der Waals surface area contributed by atoms with Crippen molar-refractivity contribution in [1.82, 2.24) is 4.98 Å². The van der Waals surface area contributed by atoms with Crippen molar-refractivity contribution in [2.24, 2.45) is 0 Å². The number of thiazole rings is 1. The van der Waals surface area contributed by atoms with Gasteiger partial charge in [0.05, 0.1) is 15.9 Å². The van der Waals surface area contributed by atoms with Gasteiger partial charge in [0.1, 0.15) is 5.01 Å². The highest BCUT2D eigenvalue weighted by Gasteiger charge is 2.07. The Kier molecular flexibility index (Phi) is 5.20.